The Kier molecular flexibility index (Phi) is 7.48. The Balaban J connectivity index is 3.46. The summed E-state index contributed by atoms with van der Waals surface area (Å²) in [5.41, 5.74) is 10.1. The third-order valence-corrected chi connectivity index (χ3v) is 9.10. The van der Waals surface area contributed by atoms with Gasteiger partial charge in [-0.3, -0.25) is 0 Å². The van der Waals surface area contributed by atoms with Crippen LogP contribution < -0.4 is 0 Å². The van der Waals surface area contributed by atoms with Crippen LogP contribution in [0.15, 0.2) is 5.20 Å². The van der Waals surface area contributed by atoms with E-state index in [0.717, 1.165) is 10.5 Å². The summed E-state index contributed by atoms with van der Waals surface area (Å²) in [5, 5.41) is 1.54. The molecule has 5 heteroatoms. The second-order valence-corrected chi connectivity index (χ2v) is 11.8. The molecule has 0 saturated heterocycles. The molecule has 0 N–H and O–H groups in total. The molecule has 1 aromatic carbocycles. The highest BCUT2D eigenvalue weighted by Gasteiger charge is 2.17. The largest absolute Gasteiger partial charge is 0.449 e. The van der Waals surface area contributed by atoms with Crippen molar-refractivity contribution in [3.8, 4) is 0 Å². The zero-order valence-electron chi connectivity index (χ0n) is 15.8. The number of hydrogen-bond acceptors (Lipinski definition) is 2. The first-order valence-corrected chi connectivity index (χ1v) is 11.3. The average molecular weight is 353 g/mol. The van der Waals surface area contributed by atoms with Crippen molar-refractivity contribution in [3.05, 3.63) is 38.6 Å². The standard InChI is InChI=1S/C17H32O2Si3/c1-9(2)17(21-19-22-18-20)15(8)16-13(6)11(4)10(3)12(5)14(16)7/h9H,21-22H2,1-8,20H3. The lowest BCUT2D eigenvalue weighted by molar-refractivity contribution is 0.503. The molecule has 0 fully saturated rings. The van der Waals surface area contributed by atoms with Crippen LogP contribution in [0.3, 0.4) is 0 Å². The Hall–Kier alpha value is -0.469. The van der Waals surface area contributed by atoms with Crippen LogP contribution in [0.4, 0.5) is 0 Å². The van der Waals surface area contributed by atoms with Gasteiger partial charge < -0.3 is 8.23 Å². The number of allylic oxidation sites excluding steroid dienone is 2. The van der Waals surface area contributed by atoms with Crippen LogP contribution in [-0.4, -0.2) is 30.3 Å². The van der Waals surface area contributed by atoms with E-state index in [-0.39, 0.29) is 0 Å². The minimum Gasteiger partial charge on any atom is -0.449 e. The third-order valence-electron chi connectivity index (χ3n) is 5.01. The lowest BCUT2D eigenvalue weighted by atomic mass is 9.86. The van der Waals surface area contributed by atoms with Crippen LogP contribution in [0.25, 0.3) is 5.57 Å². The SMILES string of the molecule is CC(=C([SiH2]O[SiH2]O[SiH3])C(C)C)c1c(C)c(C)c(C)c(C)c1C. The minimum absolute atomic E-state index is 0.551. The Labute approximate surface area is 144 Å². The Bertz CT molecular complexity index is 549. The monoisotopic (exact) mass is 352 g/mol. The van der Waals surface area contributed by atoms with Crippen molar-refractivity contribution < 1.29 is 8.23 Å². The van der Waals surface area contributed by atoms with Crippen molar-refractivity contribution in [1.82, 2.24) is 0 Å². The first-order chi connectivity index (χ1) is 10.2. The molecular formula is C17H32O2Si3. The molecule has 124 valence electrons. The van der Waals surface area contributed by atoms with Crippen molar-refractivity contribution in [2.24, 2.45) is 5.92 Å². The van der Waals surface area contributed by atoms with Crippen molar-refractivity contribution >= 4 is 35.8 Å². The molecule has 0 bridgehead atoms. The molecule has 0 amide bonds. The fraction of sp³-hybridized carbons (Fsp3) is 0.529. The molecule has 1 aromatic rings. The molecule has 0 saturated carbocycles. The van der Waals surface area contributed by atoms with Crippen molar-refractivity contribution in [2.45, 2.75) is 55.4 Å². The summed E-state index contributed by atoms with van der Waals surface area (Å²) in [6.45, 7) is 18.1. The van der Waals surface area contributed by atoms with Crippen LogP contribution in [0.1, 0.15) is 54.2 Å². The average Bonchev–Trinajstić information content (AvgIpc) is 2.47. The lowest BCUT2D eigenvalue weighted by Crippen LogP contribution is -2.15. The zero-order chi connectivity index (χ0) is 17.0. The van der Waals surface area contributed by atoms with Gasteiger partial charge in [0.2, 0.25) is 0 Å². The van der Waals surface area contributed by atoms with E-state index in [9.17, 15) is 0 Å². The van der Waals surface area contributed by atoms with E-state index < -0.39 is 19.8 Å². The van der Waals surface area contributed by atoms with Crippen molar-refractivity contribution in [3.63, 3.8) is 0 Å². The summed E-state index contributed by atoms with van der Waals surface area (Å²) in [6.07, 6.45) is 0. The highest BCUT2D eigenvalue weighted by atomic mass is 28.3. The highest BCUT2D eigenvalue weighted by molar-refractivity contribution is 6.48. The van der Waals surface area contributed by atoms with Crippen molar-refractivity contribution in [2.75, 3.05) is 0 Å². The van der Waals surface area contributed by atoms with Crippen LogP contribution in [-0.2, 0) is 8.23 Å². The van der Waals surface area contributed by atoms with E-state index in [2.05, 4.69) is 55.4 Å². The van der Waals surface area contributed by atoms with Crippen LogP contribution in [0.5, 0.6) is 0 Å². The Morgan fingerprint density at radius 3 is 1.77 bits per heavy atom. The van der Waals surface area contributed by atoms with Gasteiger partial charge in [0.05, 0.1) is 0 Å². The summed E-state index contributed by atoms with van der Waals surface area (Å²) in [4.78, 5) is 0. The molecule has 0 aromatic heterocycles. The van der Waals surface area contributed by atoms with Gasteiger partial charge in [0.15, 0.2) is 9.76 Å². The Morgan fingerprint density at radius 2 is 1.36 bits per heavy atom. The van der Waals surface area contributed by atoms with E-state index in [1.54, 1.807) is 5.20 Å². The highest BCUT2D eigenvalue weighted by Crippen LogP contribution is 2.33. The predicted octanol–water partition coefficient (Wildman–Crippen LogP) is 2.01. The Morgan fingerprint density at radius 1 is 0.909 bits per heavy atom. The molecule has 22 heavy (non-hydrogen) atoms. The van der Waals surface area contributed by atoms with Gasteiger partial charge in [-0.1, -0.05) is 19.0 Å². The minimum atomic E-state index is -0.717. The van der Waals surface area contributed by atoms with Crippen molar-refractivity contribution in [1.29, 1.82) is 0 Å². The topological polar surface area (TPSA) is 18.5 Å². The zero-order valence-corrected chi connectivity index (χ0v) is 20.6. The maximum Gasteiger partial charge on any atom is 0.283 e. The van der Waals surface area contributed by atoms with Gasteiger partial charge in [-0.15, -0.1) is 0 Å². The third kappa shape index (κ3) is 4.08. The number of rotatable bonds is 6. The molecular weight excluding hydrogens is 320 g/mol. The van der Waals surface area contributed by atoms with Crippen LogP contribution >= 0.6 is 0 Å². The van der Waals surface area contributed by atoms with Gasteiger partial charge in [-0.05, 0) is 86.4 Å². The van der Waals surface area contributed by atoms with E-state index in [1.165, 1.54) is 39.0 Å². The van der Waals surface area contributed by atoms with Gasteiger partial charge in [0, 0.05) is 0 Å². The van der Waals surface area contributed by atoms with Crippen LogP contribution in [0.2, 0.25) is 0 Å². The number of benzene rings is 1. The first-order valence-electron chi connectivity index (χ1n) is 8.07. The number of hydrogen-bond donors (Lipinski definition) is 0. The second-order valence-electron chi connectivity index (χ2n) is 6.56. The summed E-state index contributed by atoms with van der Waals surface area (Å²) in [7, 11) is -0.565. The smallest absolute Gasteiger partial charge is 0.283 e. The molecule has 0 aliphatic rings. The molecule has 0 aliphatic heterocycles. The summed E-state index contributed by atoms with van der Waals surface area (Å²) >= 11 is 0. The molecule has 0 spiro atoms. The van der Waals surface area contributed by atoms with Gasteiger partial charge in [0.25, 0.3) is 10.0 Å². The van der Waals surface area contributed by atoms with E-state index in [0.29, 0.717) is 5.92 Å². The van der Waals surface area contributed by atoms with Crippen LogP contribution in [0, 0.1) is 40.5 Å². The summed E-state index contributed by atoms with van der Waals surface area (Å²) < 4.78 is 11.3. The van der Waals surface area contributed by atoms with Gasteiger partial charge >= 0.3 is 0 Å². The first kappa shape index (κ1) is 19.6. The predicted molar refractivity (Wildman–Crippen MR) is 107 cm³/mol. The van der Waals surface area contributed by atoms with E-state index in [4.69, 9.17) is 8.23 Å². The molecule has 0 aliphatic carbocycles. The lowest BCUT2D eigenvalue weighted by Gasteiger charge is -2.23. The van der Waals surface area contributed by atoms with Gasteiger partial charge in [0.1, 0.15) is 10.5 Å². The molecule has 1 rings (SSSR count). The van der Waals surface area contributed by atoms with Gasteiger partial charge in [-0.25, -0.2) is 0 Å². The maximum absolute atomic E-state index is 5.95. The molecule has 2 nitrogen and oxygen atoms in total. The fourth-order valence-corrected chi connectivity index (χ4v) is 7.27. The van der Waals surface area contributed by atoms with E-state index >= 15 is 0 Å². The molecule has 0 radical (unpaired) electrons. The normalized spacial score (nSPS) is 14.0. The summed E-state index contributed by atoms with van der Waals surface area (Å²) in [6, 6.07) is 0. The molecule has 0 heterocycles. The fourth-order valence-electron chi connectivity index (χ4n) is 3.17. The quantitative estimate of drug-likeness (QED) is 0.576. The molecule has 0 unspecified atom stereocenters. The van der Waals surface area contributed by atoms with Gasteiger partial charge in [-0.2, -0.15) is 0 Å². The molecule has 0 atom stereocenters. The second kappa shape index (κ2) is 8.40. The summed E-state index contributed by atoms with van der Waals surface area (Å²) in [5.74, 6) is 0.551. The maximum atomic E-state index is 5.95. The van der Waals surface area contributed by atoms with E-state index in [1.807, 2.05) is 0 Å².